The van der Waals surface area contributed by atoms with Gasteiger partial charge in [-0.1, -0.05) is 0 Å². The molecule has 5 nitrogen and oxygen atoms in total. The van der Waals surface area contributed by atoms with Gasteiger partial charge in [-0.2, -0.15) is 0 Å². The summed E-state index contributed by atoms with van der Waals surface area (Å²) >= 11 is 0. The zero-order chi connectivity index (χ0) is 12.4. The van der Waals surface area contributed by atoms with Crippen LogP contribution in [0.25, 0.3) is 0 Å². The summed E-state index contributed by atoms with van der Waals surface area (Å²) in [6.45, 7) is 1.77. The lowest BCUT2D eigenvalue weighted by molar-refractivity contribution is -0.384. The normalized spacial score (nSPS) is 23.6. The summed E-state index contributed by atoms with van der Waals surface area (Å²) in [5, 5.41) is 20.2. The van der Waals surface area contributed by atoms with E-state index in [1.165, 1.54) is 12.1 Å². The summed E-state index contributed by atoms with van der Waals surface area (Å²) in [5.74, 6) is 0.613. The quantitative estimate of drug-likeness (QED) is 0.646. The van der Waals surface area contributed by atoms with Crippen molar-refractivity contribution >= 4 is 5.69 Å². The minimum absolute atomic E-state index is 0.0572. The highest BCUT2D eigenvalue weighted by Gasteiger charge is 2.27. The molecule has 1 N–H and O–H groups in total. The van der Waals surface area contributed by atoms with E-state index < -0.39 is 11.0 Å². The highest BCUT2D eigenvalue weighted by molar-refractivity contribution is 5.43. The number of nitrogens with zero attached hydrogens (tertiary/aromatic N) is 1. The van der Waals surface area contributed by atoms with Gasteiger partial charge in [-0.05, 0) is 37.8 Å². The molecular formula is C12H15NO4. The molecule has 17 heavy (non-hydrogen) atoms. The van der Waals surface area contributed by atoms with Gasteiger partial charge in [0.25, 0.3) is 5.69 Å². The average Bonchev–Trinajstić information content (AvgIpc) is 2.67. The molecule has 0 aliphatic heterocycles. The molecule has 2 rings (SSSR count). The highest BCUT2D eigenvalue weighted by atomic mass is 16.6. The third-order valence-electron chi connectivity index (χ3n) is 3.07. The second kappa shape index (κ2) is 4.71. The van der Waals surface area contributed by atoms with Crippen LogP contribution in [-0.2, 0) is 0 Å². The zero-order valence-corrected chi connectivity index (χ0v) is 9.63. The van der Waals surface area contributed by atoms with E-state index in [2.05, 4.69) is 0 Å². The number of hydrogen-bond acceptors (Lipinski definition) is 4. The van der Waals surface area contributed by atoms with Gasteiger partial charge in [0.1, 0.15) is 11.9 Å². The molecule has 0 amide bonds. The number of nitro groups is 1. The molecule has 2 atom stereocenters. The Bertz CT molecular complexity index is 433. The Kier molecular flexibility index (Phi) is 3.28. The number of aliphatic hydroxyl groups is 1. The molecule has 1 saturated carbocycles. The van der Waals surface area contributed by atoms with Gasteiger partial charge >= 0.3 is 0 Å². The van der Waals surface area contributed by atoms with Gasteiger partial charge in [0, 0.05) is 12.1 Å². The maximum atomic E-state index is 10.6. The molecule has 0 heterocycles. The Morgan fingerprint density at radius 3 is 2.76 bits per heavy atom. The first-order chi connectivity index (χ1) is 8.08. The zero-order valence-electron chi connectivity index (χ0n) is 9.63. The van der Waals surface area contributed by atoms with Crippen molar-refractivity contribution in [1.29, 1.82) is 0 Å². The van der Waals surface area contributed by atoms with Gasteiger partial charge in [-0.3, -0.25) is 10.1 Å². The minimum Gasteiger partial charge on any atom is -0.487 e. The lowest BCUT2D eigenvalue weighted by Gasteiger charge is -2.18. The summed E-state index contributed by atoms with van der Waals surface area (Å²) in [7, 11) is 0. The minimum atomic E-state index is -0.429. The molecule has 1 aromatic rings. The molecule has 0 saturated heterocycles. The topological polar surface area (TPSA) is 72.6 Å². The van der Waals surface area contributed by atoms with Crippen LogP contribution < -0.4 is 4.74 Å². The van der Waals surface area contributed by atoms with Crippen LogP contribution in [0.1, 0.15) is 24.8 Å². The van der Waals surface area contributed by atoms with Crippen molar-refractivity contribution in [2.75, 3.05) is 0 Å². The molecular weight excluding hydrogens is 222 g/mol. The van der Waals surface area contributed by atoms with Crippen molar-refractivity contribution in [2.45, 2.75) is 38.4 Å². The van der Waals surface area contributed by atoms with Gasteiger partial charge < -0.3 is 9.84 Å². The molecule has 1 fully saturated rings. The van der Waals surface area contributed by atoms with Gasteiger partial charge in [-0.15, -0.1) is 0 Å². The first-order valence-corrected chi connectivity index (χ1v) is 5.67. The van der Waals surface area contributed by atoms with Gasteiger partial charge in [0.2, 0.25) is 0 Å². The molecule has 1 aliphatic rings. The fourth-order valence-electron chi connectivity index (χ4n) is 2.09. The molecule has 1 aromatic carbocycles. The standard InChI is InChI=1S/C12H15NO4/c1-8-7-9(13(15)16)5-6-11(8)17-12-4-2-3-10(12)14/h5-7,10,12,14H,2-4H2,1H3. The third-order valence-corrected chi connectivity index (χ3v) is 3.07. The van der Waals surface area contributed by atoms with Gasteiger partial charge in [0.05, 0.1) is 11.0 Å². The second-order valence-electron chi connectivity index (χ2n) is 4.36. The highest BCUT2D eigenvalue weighted by Crippen LogP contribution is 2.28. The van der Waals surface area contributed by atoms with Crippen molar-refractivity contribution in [1.82, 2.24) is 0 Å². The Labute approximate surface area is 99.2 Å². The van der Waals surface area contributed by atoms with Gasteiger partial charge in [0.15, 0.2) is 0 Å². The van der Waals surface area contributed by atoms with Crippen LogP contribution >= 0.6 is 0 Å². The molecule has 0 spiro atoms. The lowest BCUT2D eigenvalue weighted by Crippen LogP contribution is -2.25. The van der Waals surface area contributed by atoms with Crippen LogP contribution in [0.4, 0.5) is 5.69 Å². The van der Waals surface area contributed by atoms with Crippen LogP contribution in [0.15, 0.2) is 18.2 Å². The number of aryl methyl sites for hydroxylation is 1. The van der Waals surface area contributed by atoms with E-state index in [1.54, 1.807) is 13.0 Å². The van der Waals surface area contributed by atoms with Crippen molar-refractivity contribution in [3.63, 3.8) is 0 Å². The molecule has 0 bridgehead atoms. The van der Waals surface area contributed by atoms with Crippen LogP contribution in [-0.4, -0.2) is 22.2 Å². The van der Waals surface area contributed by atoms with E-state index in [0.29, 0.717) is 5.75 Å². The fraction of sp³-hybridized carbons (Fsp3) is 0.500. The van der Waals surface area contributed by atoms with Gasteiger partial charge in [-0.25, -0.2) is 0 Å². The number of benzene rings is 1. The van der Waals surface area contributed by atoms with E-state index in [4.69, 9.17) is 4.74 Å². The largest absolute Gasteiger partial charge is 0.487 e. The Balaban J connectivity index is 2.14. The van der Waals surface area contributed by atoms with Crippen molar-refractivity contribution in [3.05, 3.63) is 33.9 Å². The van der Waals surface area contributed by atoms with Crippen molar-refractivity contribution in [2.24, 2.45) is 0 Å². The average molecular weight is 237 g/mol. The first-order valence-electron chi connectivity index (χ1n) is 5.67. The summed E-state index contributed by atoms with van der Waals surface area (Å²) in [5.41, 5.74) is 0.778. The maximum absolute atomic E-state index is 10.6. The van der Waals surface area contributed by atoms with Crippen LogP contribution in [0.2, 0.25) is 0 Å². The molecule has 5 heteroatoms. The molecule has 92 valence electrons. The first kappa shape index (κ1) is 11.9. The SMILES string of the molecule is Cc1cc([N+](=O)[O-])ccc1OC1CCCC1O. The van der Waals surface area contributed by atoms with Crippen molar-refractivity contribution < 1.29 is 14.8 Å². The lowest BCUT2D eigenvalue weighted by atomic mass is 10.2. The number of non-ortho nitro benzene ring substituents is 1. The Morgan fingerprint density at radius 1 is 1.47 bits per heavy atom. The number of ether oxygens (including phenoxy) is 1. The summed E-state index contributed by atoms with van der Waals surface area (Å²) in [4.78, 5) is 10.2. The fourth-order valence-corrected chi connectivity index (χ4v) is 2.09. The number of aliphatic hydroxyl groups excluding tert-OH is 1. The Hall–Kier alpha value is -1.62. The molecule has 0 radical (unpaired) electrons. The number of hydrogen-bond donors (Lipinski definition) is 1. The number of rotatable bonds is 3. The monoisotopic (exact) mass is 237 g/mol. The molecule has 2 unspecified atom stereocenters. The Morgan fingerprint density at radius 2 is 2.24 bits per heavy atom. The summed E-state index contributed by atoms with van der Waals surface area (Å²) < 4.78 is 5.68. The van der Waals surface area contributed by atoms with E-state index in [9.17, 15) is 15.2 Å². The van der Waals surface area contributed by atoms with Crippen LogP contribution in [0.5, 0.6) is 5.75 Å². The summed E-state index contributed by atoms with van der Waals surface area (Å²) in [6.07, 6.45) is 1.94. The van der Waals surface area contributed by atoms with E-state index in [0.717, 1.165) is 24.8 Å². The smallest absolute Gasteiger partial charge is 0.269 e. The predicted molar refractivity (Wildman–Crippen MR) is 62.1 cm³/mol. The maximum Gasteiger partial charge on any atom is 0.269 e. The van der Waals surface area contributed by atoms with E-state index in [1.807, 2.05) is 0 Å². The van der Waals surface area contributed by atoms with Crippen LogP contribution in [0.3, 0.4) is 0 Å². The number of nitro benzene ring substituents is 1. The van der Waals surface area contributed by atoms with Crippen LogP contribution in [0, 0.1) is 17.0 Å². The van der Waals surface area contributed by atoms with E-state index >= 15 is 0 Å². The van der Waals surface area contributed by atoms with E-state index in [-0.39, 0.29) is 11.8 Å². The molecule has 1 aliphatic carbocycles. The third kappa shape index (κ3) is 2.55. The summed E-state index contributed by atoms with van der Waals surface area (Å²) in [6, 6.07) is 4.50. The molecule has 0 aromatic heterocycles. The second-order valence-corrected chi connectivity index (χ2v) is 4.36. The van der Waals surface area contributed by atoms with Crippen molar-refractivity contribution in [3.8, 4) is 5.75 Å². The predicted octanol–water partition coefficient (Wildman–Crippen LogP) is 2.20.